The van der Waals surface area contributed by atoms with Crippen molar-refractivity contribution in [2.45, 2.75) is 0 Å². The van der Waals surface area contributed by atoms with Crippen LogP contribution in [0.25, 0.3) is 0 Å². The monoisotopic (exact) mass is 251 g/mol. The number of hydrogen-bond acceptors (Lipinski definition) is 6. The van der Waals surface area contributed by atoms with Gasteiger partial charge < -0.3 is 14.2 Å². The molecule has 0 fully saturated rings. The average molecular weight is 251 g/mol. The van der Waals surface area contributed by atoms with Gasteiger partial charge in [0, 0.05) is 12.1 Å². The van der Waals surface area contributed by atoms with Gasteiger partial charge in [0.25, 0.3) is 0 Å². The molecule has 0 spiro atoms. The lowest BCUT2D eigenvalue weighted by Crippen LogP contribution is -2.11. The fourth-order valence-corrected chi connectivity index (χ4v) is 1.16. The van der Waals surface area contributed by atoms with Crippen molar-refractivity contribution >= 4 is 11.9 Å². The molecule has 96 valence electrons. The molecule has 0 unspecified atom stereocenters. The smallest absolute Gasteiger partial charge is 0.356 e. The Labute approximate surface area is 104 Å². The van der Waals surface area contributed by atoms with Crippen molar-refractivity contribution in [1.82, 2.24) is 4.98 Å². The van der Waals surface area contributed by atoms with E-state index in [9.17, 15) is 9.59 Å². The molecule has 0 aliphatic rings. The van der Waals surface area contributed by atoms with Crippen LogP contribution in [0.2, 0.25) is 0 Å². The first-order valence-electron chi connectivity index (χ1n) is 5.04. The van der Waals surface area contributed by atoms with Gasteiger partial charge >= 0.3 is 11.9 Å². The second kappa shape index (κ2) is 6.39. The maximum atomic E-state index is 11.4. The van der Waals surface area contributed by atoms with Crippen molar-refractivity contribution in [2.75, 3.05) is 20.8 Å². The number of ether oxygens (including phenoxy) is 3. The van der Waals surface area contributed by atoms with E-state index in [0.717, 1.165) is 0 Å². The molecule has 0 N–H and O–H groups in total. The van der Waals surface area contributed by atoms with Crippen LogP contribution in [0.15, 0.2) is 24.8 Å². The third-order valence-corrected chi connectivity index (χ3v) is 1.96. The van der Waals surface area contributed by atoms with Crippen LogP contribution in [-0.2, 0) is 9.47 Å². The summed E-state index contributed by atoms with van der Waals surface area (Å²) in [6.07, 6.45) is 1.54. The summed E-state index contributed by atoms with van der Waals surface area (Å²) in [5.41, 5.74) is -0.0566. The lowest BCUT2D eigenvalue weighted by atomic mass is 10.2. The summed E-state index contributed by atoms with van der Waals surface area (Å²) in [5.74, 6) is -1.01. The second-order valence-electron chi connectivity index (χ2n) is 3.16. The van der Waals surface area contributed by atoms with Gasteiger partial charge in [-0.1, -0.05) is 12.7 Å². The van der Waals surface area contributed by atoms with Crippen molar-refractivity contribution in [3.8, 4) is 5.75 Å². The van der Waals surface area contributed by atoms with Gasteiger partial charge in [0.15, 0.2) is 11.4 Å². The first kappa shape index (κ1) is 13.7. The fourth-order valence-electron chi connectivity index (χ4n) is 1.16. The van der Waals surface area contributed by atoms with E-state index in [1.807, 2.05) is 0 Å². The summed E-state index contributed by atoms with van der Waals surface area (Å²) in [6.45, 7) is 3.74. The molecule has 0 aromatic carbocycles. The molecule has 0 amide bonds. The Morgan fingerprint density at radius 1 is 1.22 bits per heavy atom. The second-order valence-corrected chi connectivity index (χ2v) is 3.16. The highest BCUT2D eigenvalue weighted by molar-refractivity contribution is 5.92. The Morgan fingerprint density at radius 2 is 1.72 bits per heavy atom. The van der Waals surface area contributed by atoms with Crippen molar-refractivity contribution in [3.63, 3.8) is 0 Å². The van der Waals surface area contributed by atoms with E-state index >= 15 is 0 Å². The first-order chi connectivity index (χ1) is 8.62. The molecule has 6 heteroatoms. The number of pyridine rings is 1. The zero-order valence-electron chi connectivity index (χ0n) is 10.1. The molecule has 1 rings (SSSR count). The van der Waals surface area contributed by atoms with Crippen LogP contribution in [-0.4, -0.2) is 37.7 Å². The summed E-state index contributed by atoms with van der Waals surface area (Å²) in [6, 6.07) is 2.75. The molecule has 0 aliphatic heterocycles. The maximum absolute atomic E-state index is 11.4. The van der Waals surface area contributed by atoms with E-state index in [0.29, 0.717) is 5.75 Å². The highest BCUT2D eigenvalue weighted by Gasteiger charge is 2.16. The Kier molecular flexibility index (Phi) is 4.86. The minimum atomic E-state index is -0.663. The van der Waals surface area contributed by atoms with Crippen LogP contribution in [0, 0.1) is 0 Å². The summed E-state index contributed by atoms with van der Waals surface area (Å²) in [4.78, 5) is 26.6. The van der Waals surface area contributed by atoms with E-state index in [2.05, 4.69) is 21.0 Å². The minimum Gasteiger partial charge on any atom is -0.489 e. The van der Waals surface area contributed by atoms with Gasteiger partial charge in [-0.05, 0) is 0 Å². The number of carbonyl (C=O) groups is 2. The van der Waals surface area contributed by atoms with Crippen LogP contribution in [0.1, 0.15) is 21.0 Å². The summed E-state index contributed by atoms with van der Waals surface area (Å²) in [7, 11) is 2.44. The molecular weight excluding hydrogens is 238 g/mol. The highest BCUT2D eigenvalue weighted by atomic mass is 16.5. The highest BCUT2D eigenvalue weighted by Crippen LogP contribution is 2.16. The summed E-state index contributed by atoms with van der Waals surface area (Å²) < 4.78 is 14.3. The molecule has 18 heavy (non-hydrogen) atoms. The van der Waals surface area contributed by atoms with E-state index in [1.54, 1.807) is 0 Å². The maximum Gasteiger partial charge on any atom is 0.356 e. The molecule has 1 aromatic heterocycles. The van der Waals surface area contributed by atoms with Crippen LogP contribution < -0.4 is 4.74 Å². The van der Waals surface area contributed by atoms with Gasteiger partial charge in [-0.25, -0.2) is 14.6 Å². The van der Waals surface area contributed by atoms with Gasteiger partial charge in [0.1, 0.15) is 12.4 Å². The van der Waals surface area contributed by atoms with Gasteiger partial charge in [0.05, 0.1) is 14.2 Å². The molecular formula is C12H13NO5. The number of carbonyl (C=O) groups excluding carboxylic acids is 2. The predicted octanol–water partition coefficient (Wildman–Crippen LogP) is 1.22. The number of hydrogen-bond donors (Lipinski definition) is 0. The molecule has 0 saturated heterocycles. The number of methoxy groups -OCH3 is 2. The number of rotatable bonds is 5. The Bertz CT molecular complexity index is 435. The van der Waals surface area contributed by atoms with E-state index in [-0.39, 0.29) is 18.0 Å². The molecule has 0 saturated carbocycles. The lowest BCUT2D eigenvalue weighted by molar-refractivity contribution is 0.0584. The Hall–Kier alpha value is -2.37. The van der Waals surface area contributed by atoms with E-state index in [4.69, 9.17) is 4.74 Å². The topological polar surface area (TPSA) is 74.7 Å². The summed E-state index contributed by atoms with van der Waals surface area (Å²) >= 11 is 0. The molecule has 1 heterocycles. The van der Waals surface area contributed by atoms with Crippen LogP contribution >= 0.6 is 0 Å². The quantitative estimate of drug-likeness (QED) is 0.578. The summed E-state index contributed by atoms with van der Waals surface area (Å²) in [5, 5.41) is 0. The molecule has 0 bridgehead atoms. The van der Waals surface area contributed by atoms with Crippen molar-refractivity contribution in [3.05, 3.63) is 36.2 Å². The Balaban J connectivity index is 3.14. The van der Waals surface area contributed by atoms with Gasteiger partial charge in [-0.2, -0.15) is 0 Å². The lowest BCUT2D eigenvalue weighted by Gasteiger charge is -2.07. The zero-order chi connectivity index (χ0) is 13.5. The van der Waals surface area contributed by atoms with Gasteiger partial charge in [-0.3, -0.25) is 0 Å². The Morgan fingerprint density at radius 3 is 2.11 bits per heavy atom. The average Bonchev–Trinajstić information content (AvgIpc) is 2.42. The first-order valence-corrected chi connectivity index (χ1v) is 5.04. The SMILES string of the molecule is C=CCOc1cc(C(=O)OC)nc(C(=O)OC)c1. The molecule has 1 aromatic rings. The number of nitrogens with zero attached hydrogens (tertiary/aromatic N) is 1. The third-order valence-electron chi connectivity index (χ3n) is 1.96. The standard InChI is InChI=1S/C12H13NO5/c1-4-5-18-8-6-9(11(14)16-2)13-10(7-8)12(15)17-3/h4,6-7H,1,5H2,2-3H3. The minimum absolute atomic E-state index is 0.0283. The molecule has 0 aliphatic carbocycles. The molecule has 0 atom stereocenters. The number of esters is 2. The fraction of sp³-hybridized carbons (Fsp3) is 0.250. The third kappa shape index (κ3) is 3.31. The zero-order valence-corrected chi connectivity index (χ0v) is 10.1. The van der Waals surface area contributed by atoms with Crippen molar-refractivity contribution < 1.29 is 23.8 Å². The molecule has 6 nitrogen and oxygen atoms in total. The number of aromatic nitrogens is 1. The molecule has 0 radical (unpaired) electrons. The van der Waals surface area contributed by atoms with E-state index < -0.39 is 11.9 Å². The van der Waals surface area contributed by atoms with Crippen molar-refractivity contribution in [1.29, 1.82) is 0 Å². The largest absolute Gasteiger partial charge is 0.489 e. The normalized spacial score (nSPS) is 9.44. The predicted molar refractivity (Wildman–Crippen MR) is 62.6 cm³/mol. The van der Waals surface area contributed by atoms with Crippen molar-refractivity contribution in [2.24, 2.45) is 0 Å². The van der Waals surface area contributed by atoms with Gasteiger partial charge in [0.2, 0.25) is 0 Å². The van der Waals surface area contributed by atoms with Crippen LogP contribution in [0.5, 0.6) is 5.75 Å². The van der Waals surface area contributed by atoms with Gasteiger partial charge in [-0.15, -0.1) is 0 Å². The van der Waals surface area contributed by atoms with E-state index in [1.165, 1.54) is 32.4 Å². The van der Waals surface area contributed by atoms with Crippen LogP contribution in [0.4, 0.5) is 0 Å². The van der Waals surface area contributed by atoms with Crippen LogP contribution in [0.3, 0.4) is 0 Å².